The SMILES string of the molecule is O=C(NCCCN1CCCCC1)c1cccc(Nc2cc(-c3ccc(F)cc3)ncn2)c1. The van der Waals surface area contributed by atoms with Gasteiger partial charge in [-0.25, -0.2) is 14.4 Å². The number of piperidine rings is 1. The number of amides is 1. The number of rotatable bonds is 8. The second-order valence-electron chi connectivity index (χ2n) is 8.01. The maximum Gasteiger partial charge on any atom is 0.251 e. The minimum atomic E-state index is -0.289. The third kappa shape index (κ3) is 6.11. The van der Waals surface area contributed by atoms with Crippen molar-refractivity contribution in [3.63, 3.8) is 0 Å². The van der Waals surface area contributed by atoms with E-state index in [1.165, 1.54) is 50.8 Å². The first-order valence-electron chi connectivity index (χ1n) is 11.1. The van der Waals surface area contributed by atoms with Crippen molar-refractivity contribution in [2.45, 2.75) is 25.7 Å². The summed E-state index contributed by atoms with van der Waals surface area (Å²) in [6, 6.07) is 15.3. The molecule has 0 atom stereocenters. The Morgan fingerprint density at radius 3 is 2.62 bits per heavy atom. The van der Waals surface area contributed by atoms with Crippen molar-refractivity contribution in [3.8, 4) is 11.3 Å². The van der Waals surface area contributed by atoms with Crippen molar-refractivity contribution in [1.82, 2.24) is 20.2 Å². The smallest absolute Gasteiger partial charge is 0.251 e. The van der Waals surface area contributed by atoms with Gasteiger partial charge in [0.05, 0.1) is 5.69 Å². The zero-order valence-corrected chi connectivity index (χ0v) is 18.1. The topological polar surface area (TPSA) is 70.2 Å². The summed E-state index contributed by atoms with van der Waals surface area (Å²) in [5, 5.41) is 6.23. The summed E-state index contributed by atoms with van der Waals surface area (Å²) in [6.45, 7) is 4.05. The Bertz CT molecular complexity index is 1030. The Morgan fingerprint density at radius 1 is 1.00 bits per heavy atom. The molecule has 0 aliphatic carbocycles. The molecule has 2 heterocycles. The third-order valence-corrected chi connectivity index (χ3v) is 5.59. The average Bonchev–Trinajstić information content (AvgIpc) is 2.83. The van der Waals surface area contributed by atoms with E-state index >= 15 is 0 Å². The summed E-state index contributed by atoms with van der Waals surface area (Å²) in [4.78, 5) is 23.5. The van der Waals surface area contributed by atoms with Gasteiger partial charge < -0.3 is 15.5 Å². The Kier molecular flexibility index (Phi) is 7.40. The van der Waals surface area contributed by atoms with E-state index in [0.29, 0.717) is 23.6 Å². The van der Waals surface area contributed by atoms with E-state index in [-0.39, 0.29) is 11.7 Å². The lowest BCUT2D eigenvalue weighted by molar-refractivity contribution is 0.0951. The quantitative estimate of drug-likeness (QED) is 0.507. The van der Waals surface area contributed by atoms with E-state index in [0.717, 1.165) is 24.2 Å². The Balaban J connectivity index is 1.33. The maximum absolute atomic E-state index is 13.2. The second kappa shape index (κ2) is 10.8. The van der Waals surface area contributed by atoms with Gasteiger partial charge in [0.15, 0.2) is 0 Å². The van der Waals surface area contributed by atoms with E-state index in [4.69, 9.17) is 0 Å². The summed E-state index contributed by atoms with van der Waals surface area (Å²) < 4.78 is 13.2. The number of benzene rings is 2. The van der Waals surface area contributed by atoms with Crippen molar-refractivity contribution in [3.05, 3.63) is 72.3 Å². The van der Waals surface area contributed by atoms with Gasteiger partial charge in [-0.2, -0.15) is 0 Å². The molecule has 3 aromatic rings. The van der Waals surface area contributed by atoms with Gasteiger partial charge in [0.25, 0.3) is 5.91 Å². The first-order valence-corrected chi connectivity index (χ1v) is 11.1. The van der Waals surface area contributed by atoms with Crippen molar-refractivity contribution in [1.29, 1.82) is 0 Å². The fourth-order valence-corrected chi connectivity index (χ4v) is 3.88. The Hall–Kier alpha value is -3.32. The van der Waals surface area contributed by atoms with E-state index in [1.807, 2.05) is 12.1 Å². The fourth-order valence-electron chi connectivity index (χ4n) is 3.88. The number of halogens is 1. The number of hydrogen-bond donors (Lipinski definition) is 2. The van der Waals surface area contributed by atoms with E-state index in [2.05, 4.69) is 25.5 Å². The van der Waals surface area contributed by atoms with Gasteiger partial charge >= 0.3 is 0 Å². The lowest BCUT2D eigenvalue weighted by Crippen LogP contribution is -2.33. The highest BCUT2D eigenvalue weighted by atomic mass is 19.1. The Morgan fingerprint density at radius 2 is 1.81 bits per heavy atom. The highest BCUT2D eigenvalue weighted by Crippen LogP contribution is 2.22. The first kappa shape index (κ1) is 21.9. The second-order valence-corrected chi connectivity index (χ2v) is 8.01. The number of anilines is 2. The highest BCUT2D eigenvalue weighted by molar-refractivity contribution is 5.95. The van der Waals surface area contributed by atoms with Crippen LogP contribution in [0.25, 0.3) is 11.3 Å². The molecule has 0 bridgehead atoms. The number of nitrogens with one attached hydrogen (secondary N) is 2. The van der Waals surface area contributed by atoms with Gasteiger partial charge in [0.2, 0.25) is 0 Å². The number of carbonyl (C=O) groups is 1. The van der Waals surface area contributed by atoms with Crippen LogP contribution < -0.4 is 10.6 Å². The standard InChI is InChI=1S/C25H28FN5O/c26-21-10-8-19(9-11-21)23-17-24(29-18-28-23)30-22-7-4-6-20(16-22)25(32)27-12-5-15-31-13-2-1-3-14-31/h4,6-11,16-18H,1-3,5,12-15H2,(H,27,32)(H,28,29,30). The van der Waals surface area contributed by atoms with Crippen molar-refractivity contribution >= 4 is 17.4 Å². The molecule has 32 heavy (non-hydrogen) atoms. The number of carbonyl (C=O) groups excluding carboxylic acids is 1. The zero-order valence-electron chi connectivity index (χ0n) is 18.1. The van der Waals surface area contributed by atoms with E-state index < -0.39 is 0 Å². The first-order chi connectivity index (χ1) is 15.7. The summed E-state index contributed by atoms with van der Waals surface area (Å²) in [5.74, 6) is 0.225. The maximum atomic E-state index is 13.2. The molecular weight excluding hydrogens is 405 g/mol. The normalized spacial score (nSPS) is 14.2. The molecule has 1 fully saturated rings. The van der Waals surface area contributed by atoms with Crippen LogP contribution in [0, 0.1) is 5.82 Å². The molecule has 0 spiro atoms. The molecular formula is C25H28FN5O. The largest absolute Gasteiger partial charge is 0.352 e. The van der Waals surface area contributed by atoms with Crippen LogP contribution in [0.5, 0.6) is 0 Å². The number of likely N-dealkylation sites (tertiary alicyclic amines) is 1. The van der Waals surface area contributed by atoms with Crippen LogP contribution >= 0.6 is 0 Å². The number of nitrogens with zero attached hydrogens (tertiary/aromatic N) is 3. The molecule has 6 nitrogen and oxygen atoms in total. The zero-order chi connectivity index (χ0) is 22.2. The highest BCUT2D eigenvalue weighted by Gasteiger charge is 2.10. The molecule has 4 rings (SSSR count). The van der Waals surface area contributed by atoms with Crippen molar-refractivity contribution < 1.29 is 9.18 Å². The summed E-state index contributed by atoms with van der Waals surface area (Å²) in [5.41, 5.74) is 2.84. The van der Waals surface area contributed by atoms with Gasteiger partial charge in [-0.1, -0.05) is 12.5 Å². The molecule has 0 radical (unpaired) electrons. The average molecular weight is 434 g/mol. The van der Waals surface area contributed by atoms with Gasteiger partial charge in [-0.15, -0.1) is 0 Å². The van der Waals surface area contributed by atoms with Crippen LogP contribution in [0.1, 0.15) is 36.0 Å². The lowest BCUT2D eigenvalue weighted by atomic mass is 10.1. The van der Waals surface area contributed by atoms with Crippen LogP contribution in [0.2, 0.25) is 0 Å². The van der Waals surface area contributed by atoms with Crippen molar-refractivity contribution in [2.24, 2.45) is 0 Å². The molecule has 0 unspecified atom stereocenters. The summed E-state index contributed by atoms with van der Waals surface area (Å²) in [6.07, 6.45) is 6.31. The molecule has 7 heteroatoms. The third-order valence-electron chi connectivity index (χ3n) is 5.59. The predicted octanol–water partition coefficient (Wildman–Crippen LogP) is 4.63. The molecule has 1 aromatic heterocycles. The minimum Gasteiger partial charge on any atom is -0.352 e. The van der Waals surface area contributed by atoms with Crippen LogP contribution in [-0.2, 0) is 0 Å². The van der Waals surface area contributed by atoms with Gasteiger partial charge in [0.1, 0.15) is 18.0 Å². The lowest BCUT2D eigenvalue weighted by Gasteiger charge is -2.26. The molecule has 166 valence electrons. The summed E-state index contributed by atoms with van der Waals surface area (Å²) >= 11 is 0. The molecule has 2 N–H and O–H groups in total. The molecule has 1 saturated heterocycles. The molecule has 0 saturated carbocycles. The number of hydrogen-bond acceptors (Lipinski definition) is 5. The minimum absolute atomic E-state index is 0.0815. The van der Waals surface area contributed by atoms with Crippen LogP contribution in [0.4, 0.5) is 15.9 Å². The molecule has 2 aromatic carbocycles. The van der Waals surface area contributed by atoms with Gasteiger partial charge in [0, 0.05) is 29.4 Å². The van der Waals surface area contributed by atoms with Crippen LogP contribution in [-0.4, -0.2) is 47.0 Å². The molecule has 1 aliphatic rings. The predicted molar refractivity (Wildman–Crippen MR) is 124 cm³/mol. The number of aromatic nitrogens is 2. The fraction of sp³-hybridized carbons (Fsp3) is 0.320. The van der Waals surface area contributed by atoms with Crippen molar-refractivity contribution in [2.75, 3.05) is 31.5 Å². The van der Waals surface area contributed by atoms with Gasteiger partial charge in [-0.05, 0) is 81.4 Å². The van der Waals surface area contributed by atoms with Crippen LogP contribution in [0.3, 0.4) is 0 Å². The molecule has 1 amide bonds. The summed E-state index contributed by atoms with van der Waals surface area (Å²) in [7, 11) is 0. The monoisotopic (exact) mass is 433 g/mol. The molecule has 1 aliphatic heterocycles. The Labute approximate surface area is 187 Å². The van der Waals surface area contributed by atoms with Crippen LogP contribution in [0.15, 0.2) is 60.9 Å². The van der Waals surface area contributed by atoms with E-state index in [1.54, 1.807) is 30.3 Å². The van der Waals surface area contributed by atoms with E-state index in [9.17, 15) is 9.18 Å². The van der Waals surface area contributed by atoms with Gasteiger partial charge in [-0.3, -0.25) is 4.79 Å².